The molecule has 0 unspecified atom stereocenters. The second kappa shape index (κ2) is 12.2. The van der Waals surface area contributed by atoms with Gasteiger partial charge in [-0.3, -0.25) is 19.9 Å². The van der Waals surface area contributed by atoms with E-state index in [1.807, 2.05) is 46.7 Å². The number of carboxylic acids is 1. The lowest BCUT2D eigenvalue weighted by Gasteiger charge is -2.49. The number of carbonyl (C=O) groups excluding carboxylic acids is 2. The molecule has 0 aromatic carbocycles. The van der Waals surface area contributed by atoms with Crippen molar-refractivity contribution in [2.24, 2.45) is 10.9 Å². The summed E-state index contributed by atoms with van der Waals surface area (Å²) in [5.41, 5.74) is 13.2. The molecule has 4 aromatic rings. The Morgan fingerprint density at radius 1 is 1.38 bits per heavy atom. The maximum Gasteiger partial charge on any atom is 0.352 e. The average Bonchev–Trinajstić information content (AvgIpc) is 3.72. The Morgan fingerprint density at radius 2 is 2.18 bits per heavy atom. The largest absolute Gasteiger partial charge is 0.477 e. The van der Waals surface area contributed by atoms with E-state index in [-0.39, 0.29) is 39.0 Å². The number of amidine groups is 1. The number of halogens is 1. The summed E-state index contributed by atoms with van der Waals surface area (Å²) >= 11 is 10.0. The number of amides is 2. The van der Waals surface area contributed by atoms with E-state index in [1.165, 1.54) is 35.1 Å². The van der Waals surface area contributed by atoms with Crippen molar-refractivity contribution in [3.8, 4) is 0 Å². The number of fused-ring (bicyclic) bond motifs is 2. The molecular weight excluding hydrogens is 662 g/mol. The molecule has 0 bridgehead atoms. The Labute approximate surface area is 272 Å². The monoisotopic (exact) mass is 686 g/mol. The third kappa shape index (κ3) is 5.74. The summed E-state index contributed by atoms with van der Waals surface area (Å²) in [7, 11) is 1.25. The lowest BCUT2D eigenvalue weighted by molar-refractivity contribution is -0.687. The van der Waals surface area contributed by atoms with E-state index < -0.39 is 29.2 Å². The van der Waals surface area contributed by atoms with Crippen LogP contribution in [0.2, 0.25) is 4.34 Å². The highest BCUT2D eigenvalue weighted by Crippen LogP contribution is 2.40. The molecule has 2 atom stereocenters. The van der Waals surface area contributed by atoms with Gasteiger partial charge in [0.2, 0.25) is 0 Å². The number of thioether (sulfide) groups is 1. The Bertz CT molecular complexity index is 1950. The van der Waals surface area contributed by atoms with E-state index in [2.05, 4.69) is 20.0 Å². The SMILES string of the molecule is CO/N=C(\C(=O)N[C@@H]1C(=O)N2C(C(=O)O)=C(C[n+]3ccc4c(ccn4Cc4cc(C(=N)N)cs4)c3)CS[C@H]12)c1nc(N)sc1Cl. The van der Waals surface area contributed by atoms with Crippen molar-refractivity contribution in [1.29, 1.82) is 5.41 Å². The van der Waals surface area contributed by atoms with Gasteiger partial charge in [0.25, 0.3) is 11.8 Å². The van der Waals surface area contributed by atoms with Crippen LogP contribution < -0.4 is 21.4 Å². The minimum atomic E-state index is -1.23. The molecule has 1 saturated heterocycles. The first-order chi connectivity index (χ1) is 21.5. The number of nitrogens with zero attached hydrogens (tertiary/aromatic N) is 5. The Kier molecular flexibility index (Phi) is 8.25. The van der Waals surface area contributed by atoms with Gasteiger partial charge in [0.05, 0.1) is 17.4 Å². The summed E-state index contributed by atoms with van der Waals surface area (Å²) in [6.07, 6.45) is 5.77. The zero-order valence-electron chi connectivity index (χ0n) is 23.4. The molecule has 2 aliphatic heterocycles. The van der Waals surface area contributed by atoms with Crippen LogP contribution in [0.3, 0.4) is 0 Å². The van der Waals surface area contributed by atoms with Gasteiger partial charge in [-0.05, 0) is 12.1 Å². The van der Waals surface area contributed by atoms with Crippen LogP contribution in [0.25, 0.3) is 10.9 Å². The lowest BCUT2D eigenvalue weighted by atomic mass is 10.0. The highest BCUT2D eigenvalue weighted by atomic mass is 35.5. The third-order valence-corrected chi connectivity index (χ3v) is 10.5. The molecule has 14 nitrogen and oxygen atoms in total. The highest BCUT2D eigenvalue weighted by Gasteiger charge is 2.55. The number of aromatic nitrogens is 3. The number of hydrogen-bond acceptors (Lipinski definition) is 11. The number of thiazole rings is 1. The number of nitrogens with one attached hydrogen (secondary N) is 2. The number of rotatable bonds is 10. The van der Waals surface area contributed by atoms with Crippen molar-refractivity contribution in [3.05, 3.63) is 73.9 Å². The van der Waals surface area contributed by atoms with Crippen LogP contribution in [0, 0.1) is 5.41 Å². The Hall–Kier alpha value is -4.45. The lowest BCUT2D eigenvalue weighted by Crippen LogP contribution is -2.71. The van der Waals surface area contributed by atoms with Crippen LogP contribution in [0.15, 0.2) is 58.6 Å². The van der Waals surface area contributed by atoms with E-state index >= 15 is 0 Å². The minimum Gasteiger partial charge on any atom is -0.477 e. The van der Waals surface area contributed by atoms with Gasteiger partial charge in [0.15, 0.2) is 29.8 Å². The van der Waals surface area contributed by atoms with Gasteiger partial charge in [-0.25, -0.2) is 14.3 Å². The zero-order chi connectivity index (χ0) is 32.0. The first-order valence-corrected chi connectivity index (χ1v) is 16.3. The number of pyridine rings is 1. The van der Waals surface area contributed by atoms with Gasteiger partial charge in [0.1, 0.15) is 40.1 Å². The molecule has 232 valence electrons. The predicted molar refractivity (Wildman–Crippen MR) is 171 cm³/mol. The Morgan fingerprint density at radius 3 is 2.84 bits per heavy atom. The summed E-state index contributed by atoms with van der Waals surface area (Å²) in [6.45, 7) is 0.876. The standard InChI is InChI=1S/C27H24ClN9O5S3/c1-42-34-18(17-21(28)45-27(31)33-17)23(38)32-19-24(39)37-20(26(40)41)14(11-44-25(19)37)8-35-4-3-16-12(7-35)2-5-36(16)9-15-6-13(10-43-15)22(29)30/h2-7,10,19,25H,8-9,11H2,1H3,(H6-,29,30,31,32,33,38,40,41)/p+1/b34-18-/t19-,25-/m1/s1. The molecule has 6 rings (SSSR count). The second-order valence-corrected chi connectivity index (χ2v) is 13.8. The predicted octanol–water partition coefficient (Wildman–Crippen LogP) is 1.80. The summed E-state index contributed by atoms with van der Waals surface area (Å²) < 4.78 is 4.10. The van der Waals surface area contributed by atoms with Gasteiger partial charge in [-0.1, -0.05) is 28.1 Å². The summed E-state index contributed by atoms with van der Waals surface area (Å²) in [5.74, 6) is -2.18. The maximum absolute atomic E-state index is 13.2. The molecule has 1 fully saturated rings. The molecule has 0 spiro atoms. The first kappa shape index (κ1) is 30.6. The second-order valence-electron chi connectivity index (χ2n) is 10.0. The molecule has 18 heteroatoms. The number of thiophene rings is 1. The number of anilines is 1. The van der Waals surface area contributed by atoms with Crippen LogP contribution in [-0.2, 0) is 32.3 Å². The average molecular weight is 687 g/mol. The summed E-state index contributed by atoms with van der Waals surface area (Å²) in [4.78, 5) is 49.8. The Balaban J connectivity index is 1.18. The number of nitrogens with two attached hydrogens (primary N) is 2. The fourth-order valence-corrected chi connectivity index (χ4v) is 8.33. The van der Waals surface area contributed by atoms with Crippen LogP contribution in [0.1, 0.15) is 16.1 Å². The van der Waals surface area contributed by atoms with Gasteiger partial charge in [-0.15, -0.1) is 23.1 Å². The van der Waals surface area contributed by atoms with E-state index in [0.717, 1.165) is 27.1 Å². The molecular formula is C27H25ClN9O5S3+. The van der Waals surface area contributed by atoms with Crippen LogP contribution in [0.5, 0.6) is 0 Å². The van der Waals surface area contributed by atoms with E-state index in [1.54, 1.807) is 0 Å². The number of β-lactam (4-membered cyclic amide) rings is 1. The van der Waals surface area contributed by atoms with Crippen LogP contribution >= 0.6 is 46.0 Å². The molecule has 6 heterocycles. The third-order valence-electron chi connectivity index (χ3n) is 7.19. The summed E-state index contributed by atoms with van der Waals surface area (Å²) in [6, 6.07) is 4.84. The number of carbonyl (C=O) groups is 3. The van der Waals surface area contributed by atoms with Gasteiger partial charge in [0, 0.05) is 39.4 Å². The van der Waals surface area contributed by atoms with Gasteiger partial charge >= 0.3 is 5.97 Å². The zero-order valence-corrected chi connectivity index (χ0v) is 26.6. The van der Waals surface area contributed by atoms with Crippen LogP contribution in [-0.4, -0.2) is 73.2 Å². The van der Waals surface area contributed by atoms with Crippen LogP contribution in [0.4, 0.5) is 5.13 Å². The van der Waals surface area contributed by atoms with Crippen molar-refractivity contribution in [2.75, 3.05) is 18.6 Å². The van der Waals surface area contributed by atoms with Gasteiger partial charge in [-0.2, -0.15) is 0 Å². The van der Waals surface area contributed by atoms with Crippen molar-refractivity contribution >= 4 is 91.4 Å². The molecule has 0 aliphatic carbocycles. The smallest absolute Gasteiger partial charge is 0.352 e. The molecule has 0 saturated carbocycles. The number of oxime groups is 1. The number of aliphatic carboxylic acids is 1. The molecule has 7 N–H and O–H groups in total. The topological polar surface area (TPSA) is 206 Å². The number of hydrogen-bond donors (Lipinski definition) is 5. The fourth-order valence-electron chi connectivity index (χ4n) is 5.18. The number of nitrogen functional groups attached to an aromatic ring is 2. The first-order valence-electron chi connectivity index (χ1n) is 13.2. The van der Waals surface area contributed by atoms with Crippen molar-refractivity contribution < 1.29 is 28.9 Å². The molecule has 4 aromatic heterocycles. The van der Waals surface area contributed by atoms with Gasteiger partial charge < -0.3 is 31.3 Å². The number of carboxylic acid groups (broad SMARTS) is 1. The van der Waals surface area contributed by atoms with Crippen molar-refractivity contribution in [1.82, 2.24) is 19.8 Å². The summed E-state index contributed by atoms with van der Waals surface area (Å²) in [5, 5.41) is 26.4. The fraction of sp³-hybridized carbons (Fsp3) is 0.222. The van der Waals surface area contributed by atoms with Crippen molar-refractivity contribution in [3.63, 3.8) is 0 Å². The minimum absolute atomic E-state index is 0.0184. The van der Waals surface area contributed by atoms with Crippen molar-refractivity contribution in [2.45, 2.75) is 24.5 Å². The molecule has 45 heavy (non-hydrogen) atoms. The maximum atomic E-state index is 13.2. The molecule has 2 aliphatic rings. The van der Waals surface area contributed by atoms with E-state index in [4.69, 9.17) is 33.3 Å². The van der Waals surface area contributed by atoms with E-state index in [0.29, 0.717) is 23.4 Å². The quantitative estimate of drug-likeness (QED) is 0.0541. The molecule has 2 amide bonds. The highest BCUT2D eigenvalue weighted by molar-refractivity contribution is 8.00. The van der Waals surface area contributed by atoms with E-state index in [9.17, 15) is 19.5 Å². The normalized spacial score (nSPS) is 18.1. The molecule has 0 radical (unpaired) electrons.